The smallest absolute Gasteiger partial charge is 0.282 e. The summed E-state index contributed by atoms with van der Waals surface area (Å²) in [6, 6.07) is 18.9. The van der Waals surface area contributed by atoms with Crippen molar-refractivity contribution in [2.45, 2.75) is 44.6 Å². The van der Waals surface area contributed by atoms with Gasteiger partial charge in [-0.3, -0.25) is 4.79 Å². The molecule has 36 heavy (non-hydrogen) atoms. The first-order chi connectivity index (χ1) is 17.5. The second kappa shape index (κ2) is 11.3. The Balaban J connectivity index is 1.53. The van der Waals surface area contributed by atoms with E-state index in [9.17, 15) is 4.79 Å². The second-order valence-corrected chi connectivity index (χ2v) is 11.2. The summed E-state index contributed by atoms with van der Waals surface area (Å²) in [4.78, 5) is 18.5. The lowest BCUT2D eigenvalue weighted by molar-refractivity contribution is 0.305. The molecular weight excluding hydrogens is 606 g/mol. The van der Waals surface area contributed by atoms with Gasteiger partial charge >= 0.3 is 0 Å². The Labute approximate surface area is 231 Å². The van der Waals surface area contributed by atoms with Gasteiger partial charge in [-0.2, -0.15) is 9.78 Å². The van der Waals surface area contributed by atoms with E-state index in [0.29, 0.717) is 28.3 Å². The van der Waals surface area contributed by atoms with Crippen molar-refractivity contribution < 1.29 is 4.74 Å². The van der Waals surface area contributed by atoms with Gasteiger partial charge in [-0.1, -0.05) is 74.9 Å². The Bertz CT molecular complexity index is 1480. The molecule has 1 fully saturated rings. The first kappa shape index (κ1) is 25.2. The van der Waals surface area contributed by atoms with Crippen LogP contribution in [0.15, 0.2) is 79.5 Å². The van der Waals surface area contributed by atoms with Crippen molar-refractivity contribution in [1.29, 1.82) is 0 Å². The highest BCUT2D eigenvalue weighted by molar-refractivity contribution is 9.10. The highest BCUT2D eigenvalue weighted by Gasteiger charge is 2.22. The number of rotatable bonds is 6. The van der Waals surface area contributed by atoms with E-state index in [-0.39, 0.29) is 11.5 Å². The lowest BCUT2D eigenvalue weighted by atomic mass is 9.88. The van der Waals surface area contributed by atoms with Gasteiger partial charge in [0, 0.05) is 25.4 Å². The lowest BCUT2D eigenvalue weighted by Gasteiger charge is -2.22. The van der Waals surface area contributed by atoms with Crippen molar-refractivity contribution in [3.63, 3.8) is 0 Å². The molecular formula is C28H24Br2ClN3O2. The third-order valence-corrected chi connectivity index (χ3v) is 7.63. The zero-order chi connectivity index (χ0) is 25.1. The molecule has 0 saturated heterocycles. The van der Waals surface area contributed by atoms with Gasteiger partial charge in [-0.25, -0.2) is 4.98 Å². The number of halogens is 3. The topological polar surface area (TPSA) is 56.5 Å². The molecule has 0 aliphatic heterocycles. The number of nitrogens with zero attached hydrogens (tertiary/aromatic N) is 3. The van der Waals surface area contributed by atoms with Gasteiger partial charge in [0.25, 0.3) is 5.56 Å². The SMILES string of the molecule is O=c1c2cc(Br)ccc2nc(C2CCCCC2)n1N=Cc1cc(Br)ccc1OCc1ccc(Cl)cc1. The Kier molecular flexibility index (Phi) is 7.89. The predicted octanol–water partition coefficient (Wildman–Crippen LogP) is 8.08. The van der Waals surface area contributed by atoms with Crippen molar-refractivity contribution in [1.82, 2.24) is 9.66 Å². The molecule has 0 amide bonds. The number of hydrogen-bond acceptors (Lipinski definition) is 4. The van der Waals surface area contributed by atoms with Gasteiger partial charge in [0.2, 0.25) is 0 Å². The largest absolute Gasteiger partial charge is 0.488 e. The summed E-state index contributed by atoms with van der Waals surface area (Å²) in [6.45, 7) is 0.387. The summed E-state index contributed by atoms with van der Waals surface area (Å²) in [5.41, 5.74) is 2.29. The number of aromatic nitrogens is 2. The van der Waals surface area contributed by atoms with E-state index in [2.05, 4.69) is 37.0 Å². The van der Waals surface area contributed by atoms with Crippen LogP contribution in [0.3, 0.4) is 0 Å². The average molecular weight is 630 g/mol. The van der Waals surface area contributed by atoms with Crippen LogP contribution in [0.25, 0.3) is 10.9 Å². The minimum Gasteiger partial charge on any atom is -0.488 e. The molecule has 0 spiro atoms. The number of hydrogen-bond donors (Lipinski definition) is 0. The van der Waals surface area contributed by atoms with Gasteiger partial charge in [-0.05, 0) is 66.9 Å². The van der Waals surface area contributed by atoms with Crippen LogP contribution in [-0.2, 0) is 6.61 Å². The minimum absolute atomic E-state index is 0.170. The molecule has 5 rings (SSSR count). The third-order valence-electron chi connectivity index (χ3n) is 6.40. The van der Waals surface area contributed by atoms with Gasteiger partial charge in [-0.15, -0.1) is 0 Å². The third kappa shape index (κ3) is 5.74. The zero-order valence-corrected chi connectivity index (χ0v) is 23.4. The van der Waals surface area contributed by atoms with Crippen molar-refractivity contribution in [2.24, 2.45) is 5.10 Å². The van der Waals surface area contributed by atoms with Crippen molar-refractivity contribution in [3.8, 4) is 5.75 Å². The van der Waals surface area contributed by atoms with Gasteiger partial charge in [0.1, 0.15) is 18.2 Å². The summed E-state index contributed by atoms with van der Waals surface area (Å²) < 4.78 is 9.31. The fourth-order valence-corrected chi connectivity index (χ4v) is 5.38. The Morgan fingerprint density at radius 3 is 2.50 bits per heavy atom. The molecule has 1 aliphatic carbocycles. The predicted molar refractivity (Wildman–Crippen MR) is 152 cm³/mol. The zero-order valence-electron chi connectivity index (χ0n) is 19.5. The minimum atomic E-state index is -0.170. The fraction of sp³-hybridized carbons (Fsp3) is 0.250. The first-order valence-corrected chi connectivity index (χ1v) is 13.9. The molecule has 1 aromatic heterocycles. The maximum Gasteiger partial charge on any atom is 0.282 e. The van der Waals surface area contributed by atoms with Gasteiger partial charge in [0.15, 0.2) is 0 Å². The molecule has 5 nitrogen and oxygen atoms in total. The molecule has 3 aromatic carbocycles. The molecule has 0 unspecified atom stereocenters. The molecule has 0 N–H and O–H groups in total. The van der Waals surface area contributed by atoms with Crippen LogP contribution >= 0.6 is 43.5 Å². The lowest BCUT2D eigenvalue weighted by Crippen LogP contribution is -2.25. The van der Waals surface area contributed by atoms with Crippen molar-refractivity contribution >= 4 is 60.6 Å². The van der Waals surface area contributed by atoms with Crippen LogP contribution < -0.4 is 10.3 Å². The molecule has 1 saturated carbocycles. The van der Waals surface area contributed by atoms with Crippen LogP contribution in [-0.4, -0.2) is 15.9 Å². The summed E-state index contributed by atoms with van der Waals surface area (Å²) in [5.74, 6) is 1.60. The molecule has 8 heteroatoms. The second-order valence-electron chi connectivity index (χ2n) is 8.93. The standard InChI is InChI=1S/C28H24Br2ClN3O2/c29-21-9-13-26(36-17-18-6-10-23(31)11-7-18)20(14-21)16-32-34-27(19-4-2-1-3-5-19)33-25-12-8-22(30)15-24(25)28(34)35/h6-16,19H,1-5,17H2. The van der Waals surface area contributed by atoms with E-state index in [1.807, 2.05) is 54.6 Å². The molecule has 4 aromatic rings. The Morgan fingerprint density at radius 1 is 1.00 bits per heavy atom. The van der Waals surface area contributed by atoms with Crippen LogP contribution in [0.5, 0.6) is 5.75 Å². The van der Waals surface area contributed by atoms with Crippen LogP contribution in [0.2, 0.25) is 5.02 Å². The van der Waals surface area contributed by atoms with E-state index in [4.69, 9.17) is 21.3 Å². The molecule has 0 bridgehead atoms. The van der Waals surface area contributed by atoms with E-state index >= 15 is 0 Å². The van der Waals surface area contributed by atoms with E-state index in [0.717, 1.165) is 51.6 Å². The monoisotopic (exact) mass is 627 g/mol. The van der Waals surface area contributed by atoms with E-state index in [1.54, 1.807) is 12.3 Å². The highest BCUT2D eigenvalue weighted by atomic mass is 79.9. The first-order valence-electron chi connectivity index (χ1n) is 11.9. The quantitative estimate of drug-likeness (QED) is 0.203. The van der Waals surface area contributed by atoms with Gasteiger partial charge in [0.05, 0.1) is 17.1 Å². The molecule has 184 valence electrons. The highest BCUT2D eigenvalue weighted by Crippen LogP contribution is 2.32. The maximum atomic E-state index is 13.6. The summed E-state index contributed by atoms with van der Waals surface area (Å²) in [6.07, 6.45) is 7.19. The number of fused-ring (bicyclic) bond motifs is 1. The molecule has 1 aliphatic rings. The number of benzene rings is 3. The van der Waals surface area contributed by atoms with E-state index < -0.39 is 0 Å². The maximum absolute atomic E-state index is 13.6. The normalized spacial score (nSPS) is 14.5. The van der Waals surface area contributed by atoms with Crippen LogP contribution in [0.4, 0.5) is 0 Å². The van der Waals surface area contributed by atoms with Gasteiger partial charge < -0.3 is 4.74 Å². The van der Waals surface area contributed by atoms with Crippen LogP contribution in [0, 0.1) is 0 Å². The van der Waals surface area contributed by atoms with Crippen molar-refractivity contribution in [2.75, 3.05) is 0 Å². The fourth-order valence-electron chi connectivity index (χ4n) is 4.52. The molecule has 0 atom stereocenters. The summed E-state index contributed by atoms with van der Waals surface area (Å²) in [5, 5.41) is 5.90. The number of ether oxygens (including phenoxy) is 1. The van der Waals surface area contributed by atoms with E-state index in [1.165, 1.54) is 11.1 Å². The Hall–Kier alpha value is -2.48. The van der Waals surface area contributed by atoms with Crippen molar-refractivity contribution in [3.05, 3.63) is 102 Å². The summed E-state index contributed by atoms with van der Waals surface area (Å²) >= 11 is 13.0. The van der Waals surface area contributed by atoms with Crippen LogP contribution in [0.1, 0.15) is 55.0 Å². The molecule has 1 heterocycles. The Morgan fingerprint density at radius 2 is 1.72 bits per heavy atom. The molecule has 0 radical (unpaired) electrons. The average Bonchev–Trinajstić information content (AvgIpc) is 2.89. The summed E-state index contributed by atoms with van der Waals surface area (Å²) in [7, 11) is 0.